The van der Waals surface area contributed by atoms with Crippen LogP contribution < -0.4 is 10.5 Å². The molecule has 1 aliphatic rings. The van der Waals surface area contributed by atoms with Crippen LogP contribution in [0.2, 0.25) is 0 Å². The molecule has 3 aromatic rings. The minimum atomic E-state index is -0.881. The van der Waals surface area contributed by atoms with Crippen LogP contribution in [0.25, 0.3) is 11.3 Å². The fourth-order valence-electron chi connectivity index (χ4n) is 4.29. The van der Waals surface area contributed by atoms with E-state index < -0.39 is 12.0 Å². The van der Waals surface area contributed by atoms with E-state index in [1.165, 1.54) is 5.56 Å². The average Bonchev–Trinajstić information content (AvgIpc) is 3.34. The van der Waals surface area contributed by atoms with Crippen LogP contribution in [-0.4, -0.2) is 68.4 Å². The lowest BCUT2D eigenvalue weighted by atomic mass is 10.0. The quantitative estimate of drug-likeness (QED) is 0.418. The number of hydrogen-bond donors (Lipinski definition) is 3. The van der Waals surface area contributed by atoms with Crippen molar-refractivity contribution < 1.29 is 24.5 Å². The summed E-state index contributed by atoms with van der Waals surface area (Å²) >= 11 is 0. The summed E-state index contributed by atoms with van der Waals surface area (Å²) in [7, 11) is 0. The van der Waals surface area contributed by atoms with E-state index in [-0.39, 0.29) is 30.7 Å². The number of nitrogens with two attached hydrogens (primary N) is 1. The minimum Gasteiger partial charge on any atom is -0.489 e. The first-order chi connectivity index (χ1) is 17.3. The zero-order valence-corrected chi connectivity index (χ0v) is 20.3. The summed E-state index contributed by atoms with van der Waals surface area (Å²) in [5.74, 6) is -0.0936. The molecule has 1 saturated heterocycles. The van der Waals surface area contributed by atoms with Gasteiger partial charge in [0.15, 0.2) is 0 Å². The van der Waals surface area contributed by atoms with E-state index >= 15 is 0 Å². The third kappa shape index (κ3) is 6.30. The van der Waals surface area contributed by atoms with Crippen LogP contribution in [0.4, 0.5) is 0 Å². The second-order valence-corrected chi connectivity index (χ2v) is 9.23. The SMILES string of the molecule is Cc1ccc(CC(=O)N2CCC(Oc3ccc(-c4cn(C[C@@H](O)CO)cn4)cc3C(N)=O)CC2)cc1. The summed E-state index contributed by atoms with van der Waals surface area (Å²) in [5.41, 5.74) is 9.36. The Morgan fingerprint density at radius 1 is 1.17 bits per heavy atom. The van der Waals surface area contributed by atoms with E-state index in [0.29, 0.717) is 49.4 Å². The molecule has 9 heteroatoms. The molecule has 0 bridgehead atoms. The first-order valence-electron chi connectivity index (χ1n) is 12.1. The number of aryl methyl sites for hydroxylation is 1. The van der Waals surface area contributed by atoms with Crippen molar-refractivity contribution in [1.29, 1.82) is 0 Å². The molecule has 2 heterocycles. The summed E-state index contributed by atoms with van der Waals surface area (Å²) in [6.45, 7) is 3.08. The molecule has 1 atom stereocenters. The summed E-state index contributed by atoms with van der Waals surface area (Å²) in [6.07, 6.45) is 3.98. The van der Waals surface area contributed by atoms with Gasteiger partial charge in [-0.25, -0.2) is 4.98 Å². The molecular formula is C27H32N4O5. The van der Waals surface area contributed by atoms with Gasteiger partial charge in [0.05, 0.1) is 43.3 Å². The number of nitrogens with zero attached hydrogens (tertiary/aromatic N) is 3. The highest BCUT2D eigenvalue weighted by Crippen LogP contribution is 2.28. The summed E-state index contributed by atoms with van der Waals surface area (Å²) in [6, 6.07) is 13.2. The molecule has 2 aromatic carbocycles. The highest BCUT2D eigenvalue weighted by atomic mass is 16.5. The lowest BCUT2D eigenvalue weighted by Crippen LogP contribution is -2.42. The van der Waals surface area contributed by atoms with Gasteiger partial charge >= 0.3 is 0 Å². The van der Waals surface area contributed by atoms with Gasteiger partial charge in [-0.2, -0.15) is 0 Å². The number of piperidine rings is 1. The van der Waals surface area contributed by atoms with Gasteiger partial charge in [-0.15, -0.1) is 0 Å². The number of imidazole rings is 1. The number of amides is 2. The average molecular weight is 493 g/mol. The van der Waals surface area contributed by atoms with Gasteiger partial charge in [0.1, 0.15) is 11.9 Å². The van der Waals surface area contributed by atoms with Gasteiger partial charge in [-0.05, 0) is 30.7 Å². The van der Waals surface area contributed by atoms with E-state index in [0.717, 1.165) is 5.56 Å². The number of aliphatic hydroxyl groups is 2. The van der Waals surface area contributed by atoms with Gasteiger partial charge in [0.2, 0.25) is 5.91 Å². The second kappa shape index (κ2) is 11.4. The Kier molecular flexibility index (Phi) is 8.02. The number of aliphatic hydroxyl groups excluding tert-OH is 2. The van der Waals surface area contributed by atoms with Crippen LogP contribution in [0, 0.1) is 6.92 Å². The third-order valence-electron chi connectivity index (χ3n) is 6.37. The Balaban J connectivity index is 1.37. The molecule has 0 aliphatic carbocycles. The number of hydrogen-bond acceptors (Lipinski definition) is 6. The normalized spacial score (nSPS) is 15.0. The number of aromatic nitrogens is 2. The summed E-state index contributed by atoms with van der Waals surface area (Å²) in [5, 5.41) is 18.6. The van der Waals surface area contributed by atoms with Crippen LogP contribution in [-0.2, 0) is 17.8 Å². The highest BCUT2D eigenvalue weighted by molar-refractivity contribution is 5.97. The van der Waals surface area contributed by atoms with Crippen molar-refractivity contribution in [2.45, 2.75) is 44.9 Å². The van der Waals surface area contributed by atoms with Crippen LogP contribution in [0.5, 0.6) is 5.75 Å². The van der Waals surface area contributed by atoms with E-state index in [2.05, 4.69) is 4.98 Å². The number of rotatable bonds is 9. The van der Waals surface area contributed by atoms with Crippen LogP contribution in [0.1, 0.15) is 34.3 Å². The van der Waals surface area contributed by atoms with Crippen molar-refractivity contribution >= 4 is 11.8 Å². The van der Waals surface area contributed by atoms with Crippen molar-refractivity contribution in [1.82, 2.24) is 14.5 Å². The van der Waals surface area contributed by atoms with Gasteiger partial charge in [-0.3, -0.25) is 9.59 Å². The molecular weight excluding hydrogens is 460 g/mol. The van der Waals surface area contributed by atoms with Gasteiger partial charge in [-0.1, -0.05) is 29.8 Å². The van der Waals surface area contributed by atoms with Crippen LogP contribution in [0.3, 0.4) is 0 Å². The lowest BCUT2D eigenvalue weighted by Gasteiger charge is -2.32. The maximum Gasteiger partial charge on any atom is 0.252 e. The Morgan fingerprint density at radius 3 is 2.56 bits per heavy atom. The number of ether oxygens (including phenoxy) is 1. The molecule has 1 fully saturated rings. The van der Waals surface area contributed by atoms with E-state index in [1.807, 2.05) is 36.1 Å². The summed E-state index contributed by atoms with van der Waals surface area (Å²) < 4.78 is 7.81. The van der Waals surface area contributed by atoms with Crippen molar-refractivity contribution in [2.24, 2.45) is 5.73 Å². The van der Waals surface area contributed by atoms with Gasteiger partial charge in [0, 0.05) is 37.7 Å². The van der Waals surface area contributed by atoms with Crippen molar-refractivity contribution in [3.8, 4) is 17.0 Å². The Hall–Kier alpha value is -3.69. The monoisotopic (exact) mass is 492 g/mol. The van der Waals surface area contributed by atoms with Crippen molar-refractivity contribution in [2.75, 3.05) is 19.7 Å². The van der Waals surface area contributed by atoms with Crippen LogP contribution in [0.15, 0.2) is 55.0 Å². The molecule has 1 aromatic heterocycles. The molecule has 4 N–H and O–H groups in total. The molecule has 0 radical (unpaired) electrons. The molecule has 0 unspecified atom stereocenters. The predicted octanol–water partition coefficient (Wildman–Crippen LogP) is 1.92. The van der Waals surface area contributed by atoms with Crippen LogP contribution >= 0.6 is 0 Å². The lowest BCUT2D eigenvalue weighted by molar-refractivity contribution is -0.132. The number of benzene rings is 2. The number of likely N-dealkylation sites (tertiary alicyclic amines) is 1. The van der Waals surface area contributed by atoms with E-state index in [9.17, 15) is 14.7 Å². The largest absolute Gasteiger partial charge is 0.489 e. The smallest absolute Gasteiger partial charge is 0.252 e. The van der Waals surface area contributed by atoms with Crippen molar-refractivity contribution in [3.05, 3.63) is 71.7 Å². The Labute approximate surface area is 210 Å². The predicted molar refractivity (Wildman–Crippen MR) is 134 cm³/mol. The third-order valence-corrected chi connectivity index (χ3v) is 6.37. The molecule has 2 amide bonds. The Bertz CT molecular complexity index is 1200. The first-order valence-corrected chi connectivity index (χ1v) is 12.1. The fraction of sp³-hybridized carbons (Fsp3) is 0.370. The maximum absolute atomic E-state index is 12.7. The van der Waals surface area contributed by atoms with Crippen molar-refractivity contribution in [3.63, 3.8) is 0 Å². The first kappa shape index (κ1) is 25.4. The molecule has 36 heavy (non-hydrogen) atoms. The van der Waals surface area contributed by atoms with E-state index in [1.54, 1.807) is 35.3 Å². The molecule has 190 valence electrons. The number of carbonyl (C=O) groups is 2. The molecule has 0 spiro atoms. The second-order valence-electron chi connectivity index (χ2n) is 9.23. The van der Waals surface area contributed by atoms with E-state index in [4.69, 9.17) is 15.6 Å². The van der Waals surface area contributed by atoms with Gasteiger partial charge < -0.3 is 30.2 Å². The molecule has 4 rings (SSSR count). The molecule has 0 saturated carbocycles. The Morgan fingerprint density at radius 2 is 1.89 bits per heavy atom. The maximum atomic E-state index is 12.7. The van der Waals surface area contributed by atoms with Gasteiger partial charge in [0.25, 0.3) is 5.91 Å². The zero-order chi connectivity index (χ0) is 25.7. The molecule has 1 aliphatic heterocycles. The zero-order valence-electron chi connectivity index (χ0n) is 20.3. The highest BCUT2D eigenvalue weighted by Gasteiger charge is 2.25. The molecule has 9 nitrogen and oxygen atoms in total. The summed E-state index contributed by atoms with van der Waals surface area (Å²) in [4.78, 5) is 31.1. The number of carbonyl (C=O) groups excluding carboxylic acids is 2. The topological polar surface area (TPSA) is 131 Å². The standard InChI is InChI=1S/C27H32N4O5/c1-18-2-4-19(5-3-18)12-26(34)31-10-8-22(9-11-31)36-25-7-6-20(13-23(25)27(28)35)24-15-30(17-29-24)14-21(33)16-32/h2-7,13,15,17,21-22,32-33H,8-12,14,16H2,1H3,(H2,28,35)/t21-/m1/s1. The fourth-order valence-corrected chi connectivity index (χ4v) is 4.29. The minimum absolute atomic E-state index is 0.102. The number of primary amides is 1.